The number of fused-ring (bicyclic) bond motifs is 1. The molecule has 0 unspecified atom stereocenters. The molecule has 0 atom stereocenters. The smallest absolute Gasteiger partial charge is 0.0828 e. The lowest BCUT2D eigenvalue weighted by Crippen LogP contribution is -1.93. The van der Waals surface area contributed by atoms with Crippen LogP contribution in [0.15, 0.2) is 5.38 Å². The van der Waals surface area contributed by atoms with Gasteiger partial charge in [-0.2, -0.15) is 5.10 Å². The van der Waals surface area contributed by atoms with E-state index in [0.717, 1.165) is 0 Å². The van der Waals surface area contributed by atoms with Crippen LogP contribution < -0.4 is 0 Å². The Kier molecular flexibility index (Phi) is 1.91. The maximum absolute atomic E-state index is 4.54. The zero-order valence-corrected chi connectivity index (χ0v) is 9.27. The molecular weight excluding hydrogens is 180 g/mol. The lowest BCUT2D eigenvalue weighted by atomic mass is 10.1. The summed E-state index contributed by atoms with van der Waals surface area (Å²) >= 11 is 1.81. The molecule has 3 heteroatoms. The van der Waals surface area contributed by atoms with E-state index >= 15 is 0 Å². The van der Waals surface area contributed by atoms with E-state index in [1.807, 2.05) is 11.7 Å². The normalized spacial score (nSPS) is 11.8. The van der Waals surface area contributed by atoms with Crippen molar-refractivity contribution in [3.63, 3.8) is 0 Å². The highest BCUT2D eigenvalue weighted by molar-refractivity contribution is 7.17. The van der Waals surface area contributed by atoms with Crippen LogP contribution >= 0.6 is 11.3 Å². The predicted octanol–water partition coefficient (Wildman–Crippen LogP) is 3.07. The van der Waals surface area contributed by atoms with Crippen molar-refractivity contribution in [2.24, 2.45) is 7.05 Å². The fourth-order valence-corrected chi connectivity index (χ4v) is 2.86. The number of aryl methyl sites for hydroxylation is 2. The maximum Gasteiger partial charge on any atom is 0.0828 e. The fraction of sp³-hybridized carbons (Fsp3) is 0.500. The zero-order chi connectivity index (χ0) is 9.59. The van der Waals surface area contributed by atoms with E-state index in [1.54, 1.807) is 11.3 Å². The number of rotatable bonds is 1. The average molecular weight is 194 g/mol. The Bertz CT molecular complexity index is 437. The minimum absolute atomic E-state index is 0.516. The Morgan fingerprint density at radius 1 is 1.46 bits per heavy atom. The van der Waals surface area contributed by atoms with Gasteiger partial charge in [-0.1, -0.05) is 13.8 Å². The fourth-order valence-electron chi connectivity index (χ4n) is 1.66. The molecule has 2 nitrogen and oxygen atoms in total. The van der Waals surface area contributed by atoms with E-state index in [0.29, 0.717) is 5.92 Å². The van der Waals surface area contributed by atoms with Crippen LogP contribution in [-0.2, 0) is 7.05 Å². The van der Waals surface area contributed by atoms with Gasteiger partial charge in [0.25, 0.3) is 0 Å². The van der Waals surface area contributed by atoms with Crippen molar-refractivity contribution >= 4 is 21.6 Å². The van der Waals surface area contributed by atoms with Gasteiger partial charge in [-0.3, -0.25) is 4.68 Å². The summed E-state index contributed by atoms with van der Waals surface area (Å²) in [6.45, 7) is 6.53. The number of aromatic nitrogens is 2. The van der Waals surface area contributed by atoms with E-state index in [1.165, 1.54) is 21.5 Å². The molecule has 2 heterocycles. The molecule has 2 rings (SSSR count). The second kappa shape index (κ2) is 2.84. The molecule has 0 spiro atoms. The van der Waals surface area contributed by atoms with E-state index in [4.69, 9.17) is 0 Å². The molecule has 13 heavy (non-hydrogen) atoms. The first kappa shape index (κ1) is 8.75. The lowest BCUT2D eigenvalue weighted by Gasteiger charge is -1.97. The summed E-state index contributed by atoms with van der Waals surface area (Å²) < 4.78 is 3.35. The Morgan fingerprint density at radius 2 is 2.15 bits per heavy atom. The van der Waals surface area contributed by atoms with Crippen LogP contribution in [0.25, 0.3) is 10.2 Å². The van der Waals surface area contributed by atoms with Gasteiger partial charge in [0.1, 0.15) is 0 Å². The summed E-state index contributed by atoms with van der Waals surface area (Å²) in [7, 11) is 2.02. The number of nitrogens with zero attached hydrogens (tertiary/aromatic N) is 2. The molecule has 0 N–H and O–H groups in total. The molecular formula is C10H14N2S. The molecule has 0 saturated heterocycles. The molecule has 0 radical (unpaired) electrons. The van der Waals surface area contributed by atoms with Crippen LogP contribution in [0.3, 0.4) is 0 Å². The first-order valence-corrected chi connectivity index (χ1v) is 5.40. The summed E-state index contributed by atoms with van der Waals surface area (Å²) in [4.78, 5) is 0. The molecule has 0 aliphatic rings. The predicted molar refractivity (Wildman–Crippen MR) is 57.4 cm³/mol. The summed E-state index contributed by atoms with van der Waals surface area (Å²) in [6, 6.07) is 0. The molecule has 0 aliphatic carbocycles. The minimum atomic E-state index is 0.516. The van der Waals surface area contributed by atoms with Crippen LogP contribution in [0.2, 0.25) is 0 Å². The van der Waals surface area contributed by atoms with Crippen LogP contribution in [-0.4, -0.2) is 9.78 Å². The van der Waals surface area contributed by atoms with Crippen molar-refractivity contribution in [3.8, 4) is 0 Å². The van der Waals surface area contributed by atoms with Crippen molar-refractivity contribution in [2.45, 2.75) is 26.7 Å². The van der Waals surface area contributed by atoms with E-state index < -0.39 is 0 Å². The SMILES string of the molecule is Cc1csc2c(C(C)C)nn(C)c12. The van der Waals surface area contributed by atoms with Gasteiger partial charge in [0, 0.05) is 7.05 Å². The standard InChI is InChI=1S/C10H14N2S/c1-6(2)8-10-9(12(4)11-8)7(3)5-13-10/h5-6H,1-4H3. The third-order valence-electron chi connectivity index (χ3n) is 2.30. The van der Waals surface area contributed by atoms with Gasteiger partial charge in [0.05, 0.1) is 15.9 Å². The number of hydrogen-bond acceptors (Lipinski definition) is 2. The third-order valence-corrected chi connectivity index (χ3v) is 3.41. The van der Waals surface area contributed by atoms with Gasteiger partial charge in [-0.25, -0.2) is 0 Å². The molecule has 2 aromatic rings. The Hall–Kier alpha value is -0.830. The van der Waals surface area contributed by atoms with E-state index in [9.17, 15) is 0 Å². The topological polar surface area (TPSA) is 17.8 Å². The molecule has 0 aromatic carbocycles. The van der Waals surface area contributed by atoms with Crippen molar-refractivity contribution in [1.82, 2.24) is 9.78 Å². The zero-order valence-electron chi connectivity index (χ0n) is 8.46. The number of thiophene rings is 1. The van der Waals surface area contributed by atoms with Crippen molar-refractivity contribution in [3.05, 3.63) is 16.6 Å². The minimum Gasteiger partial charge on any atom is -0.266 e. The van der Waals surface area contributed by atoms with Crippen molar-refractivity contribution < 1.29 is 0 Å². The summed E-state index contributed by atoms with van der Waals surface area (Å²) in [5, 5.41) is 6.74. The second-order valence-electron chi connectivity index (χ2n) is 3.76. The highest BCUT2D eigenvalue weighted by Crippen LogP contribution is 2.31. The summed E-state index contributed by atoms with van der Waals surface area (Å²) in [5.41, 5.74) is 3.87. The average Bonchev–Trinajstić information content (AvgIpc) is 2.55. The van der Waals surface area contributed by atoms with Crippen LogP contribution in [0.5, 0.6) is 0 Å². The van der Waals surface area contributed by atoms with Gasteiger partial charge in [-0.15, -0.1) is 11.3 Å². The van der Waals surface area contributed by atoms with Gasteiger partial charge in [0.15, 0.2) is 0 Å². The van der Waals surface area contributed by atoms with Crippen LogP contribution in [0.1, 0.15) is 31.0 Å². The Morgan fingerprint density at radius 3 is 2.77 bits per heavy atom. The summed E-state index contributed by atoms with van der Waals surface area (Å²) in [5.74, 6) is 0.516. The molecule has 0 bridgehead atoms. The van der Waals surface area contributed by atoms with Gasteiger partial charge < -0.3 is 0 Å². The van der Waals surface area contributed by atoms with Gasteiger partial charge in [0.2, 0.25) is 0 Å². The summed E-state index contributed by atoms with van der Waals surface area (Å²) in [6.07, 6.45) is 0. The Labute approximate surface area is 82.2 Å². The van der Waals surface area contributed by atoms with Crippen molar-refractivity contribution in [2.75, 3.05) is 0 Å². The third kappa shape index (κ3) is 1.18. The molecule has 0 saturated carbocycles. The van der Waals surface area contributed by atoms with Crippen LogP contribution in [0.4, 0.5) is 0 Å². The Balaban J connectivity index is 2.79. The second-order valence-corrected chi connectivity index (χ2v) is 4.64. The molecule has 70 valence electrons. The monoisotopic (exact) mass is 194 g/mol. The van der Waals surface area contributed by atoms with E-state index in [2.05, 4.69) is 31.2 Å². The quantitative estimate of drug-likeness (QED) is 0.682. The van der Waals surface area contributed by atoms with E-state index in [-0.39, 0.29) is 0 Å². The maximum atomic E-state index is 4.54. The first-order valence-electron chi connectivity index (χ1n) is 4.52. The van der Waals surface area contributed by atoms with Gasteiger partial charge >= 0.3 is 0 Å². The van der Waals surface area contributed by atoms with Gasteiger partial charge in [-0.05, 0) is 23.8 Å². The van der Waals surface area contributed by atoms with Crippen molar-refractivity contribution in [1.29, 1.82) is 0 Å². The van der Waals surface area contributed by atoms with Crippen LogP contribution in [0, 0.1) is 6.92 Å². The molecule has 0 amide bonds. The largest absolute Gasteiger partial charge is 0.266 e. The highest BCUT2D eigenvalue weighted by atomic mass is 32.1. The lowest BCUT2D eigenvalue weighted by molar-refractivity contribution is 0.728. The molecule has 0 fully saturated rings. The molecule has 0 aliphatic heterocycles. The molecule has 2 aromatic heterocycles. The first-order chi connectivity index (χ1) is 6.11. The highest BCUT2D eigenvalue weighted by Gasteiger charge is 2.14. The number of hydrogen-bond donors (Lipinski definition) is 0.